The monoisotopic (exact) mass is 281 g/mol. The topological polar surface area (TPSA) is 29.4 Å². The van der Waals surface area contributed by atoms with Crippen LogP contribution in [0.5, 0.6) is 0 Å². The third-order valence-corrected chi connectivity index (χ3v) is 7.13. The first kappa shape index (κ1) is 11.4. The van der Waals surface area contributed by atoms with Crippen LogP contribution >= 0.6 is 0 Å². The van der Waals surface area contributed by atoms with Crippen LogP contribution in [-0.4, -0.2) is 28.8 Å². The summed E-state index contributed by atoms with van der Waals surface area (Å²) in [7, 11) is 0. The fraction of sp³-hybridized carbons (Fsp3) is 0.308. The number of hydrogen-bond donors (Lipinski definition) is 0. The van der Waals surface area contributed by atoms with E-state index in [2.05, 4.69) is 18.0 Å². The van der Waals surface area contributed by atoms with Crippen molar-refractivity contribution in [2.75, 3.05) is 0 Å². The Kier molecular flexibility index (Phi) is 3.47. The van der Waals surface area contributed by atoms with Gasteiger partial charge >= 0.3 is 99.7 Å². The number of para-hydroxylation sites is 1. The van der Waals surface area contributed by atoms with E-state index in [4.69, 9.17) is 0 Å². The first-order valence-electron chi connectivity index (χ1n) is 5.53. The van der Waals surface area contributed by atoms with Gasteiger partial charge in [0, 0.05) is 0 Å². The summed E-state index contributed by atoms with van der Waals surface area (Å²) >= 11 is -1.24. The van der Waals surface area contributed by atoms with Gasteiger partial charge in [0.2, 0.25) is 0 Å². The first-order valence-corrected chi connectivity index (χ1v) is 8.23. The van der Waals surface area contributed by atoms with E-state index in [-0.39, 0.29) is 5.78 Å². The molecule has 0 N–H and O–H groups in total. The van der Waals surface area contributed by atoms with E-state index in [1.165, 1.54) is 9.07 Å². The normalized spacial score (nSPS) is 18.4. The van der Waals surface area contributed by atoms with Gasteiger partial charge in [-0.2, -0.15) is 0 Å². The van der Waals surface area contributed by atoms with Crippen LogP contribution in [0, 0.1) is 0 Å². The van der Waals surface area contributed by atoms with Crippen molar-refractivity contribution in [3.63, 3.8) is 0 Å². The standard InChI is InChI=1S/C13H15NOSe/c1-3-10(15)9-16-12-8-6-5-7-11(12)14-13(16)4-2/h5-9H,3-4H2,1-2H3. The van der Waals surface area contributed by atoms with E-state index >= 15 is 0 Å². The summed E-state index contributed by atoms with van der Waals surface area (Å²) in [6.07, 6.45) is 1.55. The molecule has 0 fully saturated rings. The second kappa shape index (κ2) is 4.86. The number of hydrogen-bond acceptors (Lipinski definition) is 2. The summed E-state index contributed by atoms with van der Waals surface area (Å²) in [6.45, 7) is 4.03. The summed E-state index contributed by atoms with van der Waals surface area (Å²) in [6, 6.07) is 8.20. The van der Waals surface area contributed by atoms with Crippen molar-refractivity contribution in [2.24, 2.45) is 4.99 Å². The number of carbonyl (C=O) groups excluding carboxylic acids is 1. The first-order chi connectivity index (χ1) is 7.76. The number of benzene rings is 1. The fourth-order valence-electron chi connectivity index (χ4n) is 1.63. The second-order valence-corrected chi connectivity index (χ2v) is 7.43. The minimum absolute atomic E-state index is 0.253. The third-order valence-electron chi connectivity index (χ3n) is 2.50. The Morgan fingerprint density at radius 2 is 2.12 bits per heavy atom. The fourth-order valence-corrected chi connectivity index (χ4v) is 5.86. The second-order valence-electron chi connectivity index (χ2n) is 3.60. The molecule has 0 aliphatic carbocycles. The van der Waals surface area contributed by atoms with Gasteiger partial charge in [0.25, 0.3) is 0 Å². The molecule has 0 saturated carbocycles. The number of carbonyl (C=O) groups is 1. The van der Waals surface area contributed by atoms with Crippen LogP contribution in [0.1, 0.15) is 26.7 Å². The minimum atomic E-state index is -1.24. The predicted octanol–water partition coefficient (Wildman–Crippen LogP) is 1.79. The number of fused-ring (bicyclic) bond motifs is 1. The van der Waals surface area contributed by atoms with Crippen LogP contribution in [0.2, 0.25) is 0 Å². The number of Topliss-reactive ketones (excluding diaryl/α,β-unsaturated/α-hetero) is 1. The summed E-state index contributed by atoms with van der Waals surface area (Å²) in [5, 5.41) is 0. The summed E-state index contributed by atoms with van der Waals surface area (Å²) in [4.78, 5) is 18.1. The molecule has 84 valence electrons. The van der Waals surface area contributed by atoms with Crippen LogP contribution in [0.15, 0.2) is 29.3 Å². The quantitative estimate of drug-likeness (QED) is 0.776. The molecule has 1 heterocycles. The molecule has 1 aliphatic heterocycles. The van der Waals surface area contributed by atoms with Gasteiger partial charge in [0.05, 0.1) is 0 Å². The van der Waals surface area contributed by atoms with Crippen molar-refractivity contribution < 1.29 is 4.79 Å². The van der Waals surface area contributed by atoms with Gasteiger partial charge in [0.15, 0.2) is 0 Å². The molecule has 0 aromatic heterocycles. The molecule has 1 aliphatic rings. The van der Waals surface area contributed by atoms with Crippen LogP contribution in [-0.2, 0) is 4.79 Å². The van der Waals surface area contributed by atoms with Crippen molar-refractivity contribution in [3.05, 3.63) is 24.3 Å². The Labute approximate surface area is 99.8 Å². The maximum atomic E-state index is 11.6. The van der Waals surface area contributed by atoms with E-state index in [1.54, 1.807) is 0 Å². The van der Waals surface area contributed by atoms with Crippen molar-refractivity contribution in [3.8, 4) is 0 Å². The summed E-state index contributed by atoms with van der Waals surface area (Å²) < 4.78 is 2.52. The third kappa shape index (κ3) is 2.06. The average molecular weight is 280 g/mol. The van der Waals surface area contributed by atoms with Gasteiger partial charge in [-0.1, -0.05) is 0 Å². The van der Waals surface area contributed by atoms with Crippen molar-refractivity contribution in [1.29, 1.82) is 0 Å². The predicted molar refractivity (Wildman–Crippen MR) is 70.6 cm³/mol. The van der Waals surface area contributed by atoms with Gasteiger partial charge in [-0.25, -0.2) is 0 Å². The number of nitrogens with zero attached hydrogens (tertiary/aromatic N) is 1. The molecule has 3 heteroatoms. The molecular formula is C13H15NOSe. The van der Waals surface area contributed by atoms with E-state index in [9.17, 15) is 4.79 Å². The van der Waals surface area contributed by atoms with Crippen LogP contribution in [0.25, 0.3) is 0 Å². The Morgan fingerprint density at radius 3 is 2.81 bits per heavy atom. The van der Waals surface area contributed by atoms with Crippen molar-refractivity contribution >= 4 is 38.9 Å². The molecule has 0 saturated heterocycles. The molecule has 1 atom stereocenters. The Morgan fingerprint density at radius 1 is 1.38 bits per heavy atom. The molecule has 1 unspecified atom stereocenters. The zero-order chi connectivity index (χ0) is 11.5. The number of aliphatic imine (C=N–C) groups is 1. The van der Waals surface area contributed by atoms with E-state index in [0.29, 0.717) is 6.42 Å². The number of ketones is 1. The molecule has 2 nitrogen and oxygen atoms in total. The van der Waals surface area contributed by atoms with Gasteiger partial charge < -0.3 is 0 Å². The van der Waals surface area contributed by atoms with Gasteiger partial charge in [-0.05, 0) is 0 Å². The zero-order valence-electron chi connectivity index (χ0n) is 9.56. The van der Waals surface area contributed by atoms with Crippen molar-refractivity contribution in [1.82, 2.24) is 0 Å². The number of rotatable bonds is 3. The molecule has 0 bridgehead atoms. The SMILES string of the molecule is CCC(=O)C=[Se]1C(CC)=Nc2ccccc21. The van der Waals surface area contributed by atoms with Gasteiger partial charge in [0.1, 0.15) is 0 Å². The van der Waals surface area contributed by atoms with Crippen LogP contribution in [0.3, 0.4) is 0 Å². The average Bonchev–Trinajstić information content (AvgIpc) is 2.67. The maximum absolute atomic E-state index is 11.6. The Hall–Kier alpha value is -1.05. The van der Waals surface area contributed by atoms with Crippen LogP contribution in [0.4, 0.5) is 5.69 Å². The molecule has 0 amide bonds. The van der Waals surface area contributed by atoms with Crippen molar-refractivity contribution in [2.45, 2.75) is 26.7 Å². The molecule has 16 heavy (non-hydrogen) atoms. The van der Waals surface area contributed by atoms with Gasteiger partial charge in [-0.3, -0.25) is 0 Å². The van der Waals surface area contributed by atoms with E-state index < -0.39 is 13.5 Å². The summed E-state index contributed by atoms with van der Waals surface area (Å²) in [5.74, 6) is 0.253. The van der Waals surface area contributed by atoms with E-state index in [1.807, 2.05) is 30.0 Å². The van der Waals surface area contributed by atoms with E-state index in [0.717, 1.165) is 12.1 Å². The Bertz CT molecular complexity index is 488. The molecule has 1 aromatic carbocycles. The Balaban J connectivity index is 2.48. The molecular weight excluding hydrogens is 265 g/mol. The zero-order valence-corrected chi connectivity index (χ0v) is 11.3. The molecule has 1 aromatic rings. The molecule has 2 rings (SSSR count). The van der Waals surface area contributed by atoms with Gasteiger partial charge in [-0.15, -0.1) is 0 Å². The molecule has 0 radical (unpaired) electrons. The van der Waals surface area contributed by atoms with Crippen LogP contribution < -0.4 is 4.46 Å². The molecule has 0 spiro atoms. The summed E-state index contributed by atoms with van der Waals surface area (Å²) in [5.41, 5.74) is 1.07.